The van der Waals surface area contributed by atoms with Crippen LogP contribution in [0.2, 0.25) is 5.02 Å². The summed E-state index contributed by atoms with van der Waals surface area (Å²) in [4.78, 5) is 28.3. The van der Waals surface area contributed by atoms with Crippen molar-refractivity contribution in [3.8, 4) is 5.75 Å². The summed E-state index contributed by atoms with van der Waals surface area (Å²) in [5.74, 6) is 0.274. The topological polar surface area (TPSA) is 49.9 Å². The van der Waals surface area contributed by atoms with E-state index in [2.05, 4.69) is 0 Å². The normalized spacial score (nSPS) is 17.3. The lowest BCUT2D eigenvalue weighted by molar-refractivity contribution is -0.141. The van der Waals surface area contributed by atoms with Gasteiger partial charge in [0.1, 0.15) is 12.3 Å². The van der Waals surface area contributed by atoms with Crippen LogP contribution in [0.25, 0.3) is 0 Å². The maximum absolute atomic E-state index is 12.5. The van der Waals surface area contributed by atoms with Crippen LogP contribution in [0.15, 0.2) is 48.5 Å². The Balaban J connectivity index is 1.61. The largest absolute Gasteiger partial charge is 0.484 e. The molecule has 0 N–H and O–H groups in total. The molecule has 0 saturated carbocycles. The Bertz CT molecular complexity index is 790. The van der Waals surface area contributed by atoms with Crippen molar-refractivity contribution in [1.29, 1.82) is 0 Å². The Labute approximate surface area is 158 Å². The fraction of sp³-hybridized carbons (Fsp3) is 0.300. The highest BCUT2D eigenvalue weighted by atomic mass is 35.5. The average molecular weight is 373 g/mol. The monoisotopic (exact) mass is 372 g/mol. The van der Waals surface area contributed by atoms with Crippen molar-refractivity contribution in [3.63, 3.8) is 0 Å². The third-order valence-electron chi connectivity index (χ3n) is 4.43. The van der Waals surface area contributed by atoms with Crippen LogP contribution >= 0.6 is 11.6 Å². The zero-order chi connectivity index (χ0) is 18.7. The van der Waals surface area contributed by atoms with Crippen molar-refractivity contribution in [2.45, 2.75) is 19.9 Å². The van der Waals surface area contributed by atoms with Crippen molar-refractivity contribution in [2.24, 2.45) is 0 Å². The smallest absolute Gasteiger partial charge is 0.261 e. The van der Waals surface area contributed by atoms with Crippen LogP contribution in [0.1, 0.15) is 12.5 Å². The summed E-state index contributed by atoms with van der Waals surface area (Å²) in [6.07, 6.45) is 0. The van der Waals surface area contributed by atoms with Crippen molar-refractivity contribution in [2.75, 3.05) is 24.6 Å². The molecule has 1 aliphatic rings. The molecule has 0 aromatic heterocycles. The molecule has 2 aromatic rings. The number of aryl methyl sites for hydroxylation is 1. The number of carbonyl (C=O) groups excluding carboxylic acids is 2. The van der Waals surface area contributed by atoms with Gasteiger partial charge in [0.2, 0.25) is 5.91 Å². The zero-order valence-electron chi connectivity index (χ0n) is 14.8. The van der Waals surface area contributed by atoms with Crippen molar-refractivity contribution in [3.05, 3.63) is 59.1 Å². The third-order valence-corrected chi connectivity index (χ3v) is 4.68. The van der Waals surface area contributed by atoms with Gasteiger partial charge < -0.3 is 14.5 Å². The molecule has 26 heavy (non-hydrogen) atoms. The molecule has 1 saturated heterocycles. The first kappa shape index (κ1) is 18.3. The van der Waals surface area contributed by atoms with E-state index in [-0.39, 0.29) is 31.0 Å². The van der Waals surface area contributed by atoms with E-state index >= 15 is 0 Å². The summed E-state index contributed by atoms with van der Waals surface area (Å²) in [5, 5.41) is 0.607. The van der Waals surface area contributed by atoms with Crippen molar-refractivity contribution < 1.29 is 14.3 Å². The Morgan fingerprint density at radius 1 is 1.15 bits per heavy atom. The molecule has 2 aromatic carbocycles. The standard InChI is InChI=1S/C20H21ClN2O3/c1-14-3-7-17(8-4-14)23-11-15(2)22(12-19(23)24)20(25)13-26-18-9-5-16(21)6-10-18/h3-10,15H,11-13H2,1-2H3/t15-/m0/s1. The van der Waals surface area contributed by atoms with Crippen LogP contribution in [0, 0.1) is 6.92 Å². The second-order valence-corrected chi connectivity index (χ2v) is 6.89. The van der Waals surface area contributed by atoms with Gasteiger partial charge in [0.15, 0.2) is 6.61 Å². The van der Waals surface area contributed by atoms with Gasteiger partial charge in [0.25, 0.3) is 5.91 Å². The van der Waals surface area contributed by atoms with Crippen LogP contribution in [-0.4, -0.2) is 42.5 Å². The summed E-state index contributed by atoms with van der Waals surface area (Å²) in [5.41, 5.74) is 2.00. The molecule has 3 rings (SSSR count). The molecule has 1 aliphatic heterocycles. The highest BCUT2D eigenvalue weighted by Gasteiger charge is 2.33. The predicted molar refractivity (Wildman–Crippen MR) is 102 cm³/mol. The van der Waals surface area contributed by atoms with E-state index in [1.165, 1.54) is 0 Å². The minimum Gasteiger partial charge on any atom is -0.484 e. The molecule has 1 heterocycles. The molecule has 2 amide bonds. The lowest BCUT2D eigenvalue weighted by Gasteiger charge is -2.39. The predicted octanol–water partition coefficient (Wildman–Crippen LogP) is 3.29. The van der Waals surface area contributed by atoms with Crippen molar-refractivity contribution >= 4 is 29.1 Å². The van der Waals surface area contributed by atoms with Gasteiger partial charge in [-0.15, -0.1) is 0 Å². The number of hydrogen-bond acceptors (Lipinski definition) is 3. The number of anilines is 1. The number of nitrogens with zero attached hydrogens (tertiary/aromatic N) is 2. The Hall–Kier alpha value is -2.53. The minimum absolute atomic E-state index is 0.0534. The van der Waals surface area contributed by atoms with Crippen LogP contribution in [-0.2, 0) is 9.59 Å². The maximum Gasteiger partial charge on any atom is 0.261 e. The fourth-order valence-corrected chi connectivity index (χ4v) is 3.04. The molecule has 5 nitrogen and oxygen atoms in total. The number of amides is 2. The van der Waals surface area contributed by atoms with Crippen molar-refractivity contribution in [1.82, 2.24) is 4.90 Å². The first-order valence-electron chi connectivity index (χ1n) is 8.49. The second-order valence-electron chi connectivity index (χ2n) is 6.45. The third kappa shape index (κ3) is 4.17. The molecule has 0 aliphatic carbocycles. The lowest BCUT2D eigenvalue weighted by Crippen LogP contribution is -2.58. The average Bonchev–Trinajstić information content (AvgIpc) is 2.63. The Kier molecular flexibility index (Phi) is 5.47. The second kappa shape index (κ2) is 7.79. The molecular formula is C20H21ClN2O3. The number of carbonyl (C=O) groups is 2. The number of piperazine rings is 1. The van der Waals surface area contributed by atoms with Gasteiger partial charge >= 0.3 is 0 Å². The van der Waals surface area contributed by atoms with Gasteiger partial charge in [-0.2, -0.15) is 0 Å². The van der Waals surface area contributed by atoms with Crippen LogP contribution < -0.4 is 9.64 Å². The molecule has 136 valence electrons. The van der Waals surface area contributed by atoms with Gasteiger partial charge in [0, 0.05) is 23.3 Å². The molecule has 1 fully saturated rings. The lowest BCUT2D eigenvalue weighted by atomic mass is 10.1. The number of rotatable bonds is 4. The Morgan fingerprint density at radius 2 is 1.81 bits per heavy atom. The van der Waals surface area contributed by atoms with Gasteiger partial charge in [-0.1, -0.05) is 29.3 Å². The maximum atomic E-state index is 12.5. The summed E-state index contributed by atoms with van der Waals surface area (Å²) in [7, 11) is 0. The first-order chi connectivity index (χ1) is 12.4. The van der Waals surface area contributed by atoms with E-state index in [9.17, 15) is 9.59 Å². The van der Waals surface area contributed by atoms with E-state index in [4.69, 9.17) is 16.3 Å². The first-order valence-corrected chi connectivity index (χ1v) is 8.86. The molecule has 6 heteroatoms. The number of hydrogen-bond donors (Lipinski definition) is 0. The van der Waals surface area contributed by atoms with Crippen LogP contribution in [0.3, 0.4) is 0 Å². The quantitative estimate of drug-likeness (QED) is 0.827. The zero-order valence-corrected chi connectivity index (χ0v) is 15.6. The van der Waals surface area contributed by atoms with Gasteiger partial charge in [0.05, 0.1) is 0 Å². The van der Waals surface area contributed by atoms with Gasteiger partial charge in [-0.3, -0.25) is 9.59 Å². The van der Waals surface area contributed by atoms with Gasteiger partial charge in [-0.25, -0.2) is 0 Å². The minimum atomic E-state index is -0.204. The highest BCUT2D eigenvalue weighted by molar-refractivity contribution is 6.30. The summed E-state index contributed by atoms with van der Waals surface area (Å²) >= 11 is 5.83. The number of benzene rings is 2. The molecule has 0 bridgehead atoms. The summed E-state index contributed by atoms with van der Waals surface area (Å²) < 4.78 is 5.51. The molecule has 0 unspecified atom stereocenters. The SMILES string of the molecule is Cc1ccc(N2C[C@H](C)N(C(=O)COc3ccc(Cl)cc3)CC2=O)cc1. The van der Waals surface area contributed by atoms with Crippen LogP contribution in [0.4, 0.5) is 5.69 Å². The van der Waals surface area contributed by atoms with E-state index in [1.807, 2.05) is 38.1 Å². The van der Waals surface area contributed by atoms with E-state index in [1.54, 1.807) is 34.1 Å². The van der Waals surface area contributed by atoms with Crippen LogP contribution in [0.5, 0.6) is 5.75 Å². The Morgan fingerprint density at radius 3 is 2.46 bits per heavy atom. The fourth-order valence-electron chi connectivity index (χ4n) is 2.92. The molecular weight excluding hydrogens is 352 g/mol. The van der Waals surface area contributed by atoms with E-state index in [0.29, 0.717) is 17.3 Å². The summed E-state index contributed by atoms with van der Waals surface area (Å²) in [6, 6.07) is 14.5. The number of halogens is 1. The molecule has 1 atom stereocenters. The highest BCUT2D eigenvalue weighted by Crippen LogP contribution is 2.21. The molecule has 0 spiro atoms. The summed E-state index contributed by atoms with van der Waals surface area (Å²) in [6.45, 7) is 4.36. The molecule has 0 radical (unpaired) electrons. The number of ether oxygens (including phenoxy) is 1. The van der Waals surface area contributed by atoms with Gasteiger partial charge in [-0.05, 0) is 50.2 Å². The van der Waals surface area contributed by atoms with E-state index in [0.717, 1.165) is 11.3 Å². The van der Waals surface area contributed by atoms with E-state index < -0.39 is 0 Å².